The van der Waals surface area contributed by atoms with E-state index < -0.39 is 16.1 Å². The number of hydrogen-bond acceptors (Lipinski definition) is 4. The van der Waals surface area contributed by atoms with Crippen molar-refractivity contribution in [1.82, 2.24) is 9.62 Å². The Kier molecular flexibility index (Phi) is 4.29. The van der Waals surface area contributed by atoms with Gasteiger partial charge in [0.2, 0.25) is 5.91 Å². The second-order valence-corrected chi connectivity index (χ2v) is 7.17. The van der Waals surface area contributed by atoms with E-state index in [1.807, 2.05) is 6.92 Å². The first-order valence-electron chi connectivity index (χ1n) is 5.04. The summed E-state index contributed by atoms with van der Waals surface area (Å²) < 4.78 is 26.4. The highest BCUT2D eigenvalue weighted by molar-refractivity contribution is 7.91. The fourth-order valence-electron chi connectivity index (χ4n) is 1.29. The molecular weight excluding hydrogens is 260 g/mol. The largest absolute Gasteiger partial charge is 0.347 e. The molecule has 1 aromatic heterocycles. The molecule has 5 nitrogen and oxygen atoms in total. The zero-order valence-corrected chi connectivity index (χ0v) is 11.9. The topological polar surface area (TPSA) is 66.5 Å². The molecule has 0 saturated heterocycles. The molecule has 7 heteroatoms. The number of carbonyl (C=O) groups excluding carboxylic acids is 1. The molecule has 0 aliphatic carbocycles. The number of carbonyl (C=O) groups is 1. The van der Waals surface area contributed by atoms with Gasteiger partial charge in [0.1, 0.15) is 4.21 Å². The molecule has 1 atom stereocenters. The Bertz CT molecular complexity index is 505. The zero-order chi connectivity index (χ0) is 13.2. The third-order valence-electron chi connectivity index (χ3n) is 2.12. The Hall–Kier alpha value is -0.920. The fourth-order valence-corrected chi connectivity index (χ4v) is 3.78. The maximum Gasteiger partial charge on any atom is 0.250 e. The van der Waals surface area contributed by atoms with Gasteiger partial charge in [-0.25, -0.2) is 8.42 Å². The lowest BCUT2D eigenvalue weighted by Crippen LogP contribution is -2.43. The third kappa shape index (κ3) is 3.52. The SMILES string of the molecule is Cc1ccc(S(=O)(=O)NC(C)C(=O)N(C)C)s1. The van der Waals surface area contributed by atoms with Gasteiger partial charge in [-0.1, -0.05) is 0 Å². The summed E-state index contributed by atoms with van der Waals surface area (Å²) in [7, 11) is -0.425. The first-order valence-corrected chi connectivity index (χ1v) is 7.34. The van der Waals surface area contributed by atoms with Gasteiger partial charge in [-0.15, -0.1) is 11.3 Å². The summed E-state index contributed by atoms with van der Waals surface area (Å²) in [5.74, 6) is -0.276. The van der Waals surface area contributed by atoms with E-state index >= 15 is 0 Å². The Morgan fingerprint density at radius 1 is 1.41 bits per heavy atom. The molecule has 0 radical (unpaired) electrons. The predicted molar refractivity (Wildman–Crippen MR) is 67.5 cm³/mol. The second-order valence-electron chi connectivity index (χ2n) is 3.94. The lowest BCUT2D eigenvalue weighted by atomic mass is 10.3. The molecule has 96 valence electrons. The number of nitrogens with zero attached hydrogens (tertiary/aromatic N) is 1. The van der Waals surface area contributed by atoms with E-state index in [1.54, 1.807) is 20.2 Å². The predicted octanol–water partition coefficient (Wildman–Crippen LogP) is 0.812. The van der Waals surface area contributed by atoms with Crippen molar-refractivity contribution < 1.29 is 13.2 Å². The molecule has 1 aromatic rings. The van der Waals surface area contributed by atoms with Crippen LogP contribution < -0.4 is 4.72 Å². The van der Waals surface area contributed by atoms with E-state index in [1.165, 1.54) is 29.2 Å². The summed E-state index contributed by atoms with van der Waals surface area (Å²) in [6, 6.07) is 2.50. The van der Waals surface area contributed by atoms with Crippen LogP contribution in [0.4, 0.5) is 0 Å². The first kappa shape index (κ1) is 14.1. The van der Waals surface area contributed by atoms with Crippen molar-refractivity contribution in [1.29, 1.82) is 0 Å². The molecule has 0 bridgehead atoms. The minimum absolute atomic E-state index is 0.230. The first-order chi connectivity index (χ1) is 7.74. The smallest absolute Gasteiger partial charge is 0.250 e. The van der Waals surface area contributed by atoms with E-state index in [9.17, 15) is 13.2 Å². The molecule has 0 spiro atoms. The molecule has 1 amide bonds. The Morgan fingerprint density at radius 3 is 2.41 bits per heavy atom. The van der Waals surface area contributed by atoms with Crippen molar-refractivity contribution >= 4 is 27.3 Å². The van der Waals surface area contributed by atoms with Crippen molar-refractivity contribution in [2.75, 3.05) is 14.1 Å². The number of sulfonamides is 1. The van der Waals surface area contributed by atoms with E-state index in [0.29, 0.717) is 0 Å². The van der Waals surface area contributed by atoms with Gasteiger partial charge in [0.25, 0.3) is 10.0 Å². The van der Waals surface area contributed by atoms with E-state index in [0.717, 1.165) is 4.88 Å². The normalized spacial score (nSPS) is 13.4. The van der Waals surface area contributed by atoms with Crippen LogP contribution in [0.2, 0.25) is 0 Å². The lowest BCUT2D eigenvalue weighted by Gasteiger charge is -2.17. The molecular formula is C10H16N2O3S2. The number of likely N-dealkylation sites (N-methyl/N-ethyl adjacent to an activating group) is 1. The molecule has 1 rings (SSSR count). The number of thiophene rings is 1. The molecule has 1 heterocycles. The number of nitrogens with one attached hydrogen (secondary N) is 1. The minimum atomic E-state index is -3.60. The average Bonchev–Trinajstić information content (AvgIpc) is 2.63. The van der Waals surface area contributed by atoms with Gasteiger partial charge in [0.15, 0.2) is 0 Å². The van der Waals surface area contributed by atoms with Crippen molar-refractivity contribution in [3.63, 3.8) is 0 Å². The molecule has 0 aliphatic heterocycles. The number of hydrogen-bond donors (Lipinski definition) is 1. The lowest BCUT2D eigenvalue weighted by molar-refractivity contribution is -0.130. The standard InChI is InChI=1S/C10H16N2O3S2/c1-7-5-6-9(16-7)17(14,15)11-8(2)10(13)12(3)4/h5-6,8,11H,1-4H3. The molecule has 1 unspecified atom stereocenters. The maximum absolute atomic E-state index is 11.9. The number of rotatable bonds is 4. The highest BCUT2D eigenvalue weighted by Gasteiger charge is 2.23. The molecule has 0 aromatic carbocycles. The summed E-state index contributed by atoms with van der Waals surface area (Å²) in [4.78, 5) is 13.8. The van der Waals surface area contributed by atoms with Gasteiger partial charge in [-0.2, -0.15) is 4.72 Å². The molecule has 1 N–H and O–H groups in total. The van der Waals surface area contributed by atoms with Crippen molar-refractivity contribution in [3.8, 4) is 0 Å². The summed E-state index contributed by atoms with van der Waals surface area (Å²) in [6.07, 6.45) is 0. The van der Waals surface area contributed by atoms with Crippen LogP contribution >= 0.6 is 11.3 Å². The summed E-state index contributed by atoms with van der Waals surface area (Å²) in [5, 5.41) is 0. The van der Waals surface area contributed by atoms with Crippen LogP contribution in [0.25, 0.3) is 0 Å². The average molecular weight is 276 g/mol. The van der Waals surface area contributed by atoms with Crippen LogP contribution in [0.5, 0.6) is 0 Å². The molecule has 0 saturated carbocycles. The fraction of sp³-hybridized carbons (Fsp3) is 0.500. The van der Waals surface area contributed by atoms with Gasteiger partial charge in [0, 0.05) is 19.0 Å². The second kappa shape index (κ2) is 5.16. The van der Waals surface area contributed by atoms with Crippen LogP contribution in [-0.2, 0) is 14.8 Å². The van der Waals surface area contributed by atoms with Crippen molar-refractivity contribution in [2.24, 2.45) is 0 Å². The Morgan fingerprint density at radius 2 is 2.00 bits per heavy atom. The third-order valence-corrected chi connectivity index (χ3v) is 5.16. The zero-order valence-electron chi connectivity index (χ0n) is 10.2. The van der Waals surface area contributed by atoms with Crippen LogP contribution in [0, 0.1) is 6.92 Å². The summed E-state index contributed by atoms with van der Waals surface area (Å²) in [6.45, 7) is 3.36. The van der Waals surface area contributed by atoms with Gasteiger partial charge < -0.3 is 4.90 Å². The van der Waals surface area contributed by atoms with Gasteiger partial charge in [0.05, 0.1) is 6.04 Å². The van der Waals surface area contributed by atoms with Gasteiger partial charge in [-0.3, -0.25) is 4.79 Å². The minimum Gasteiger partial charge on any atom is -0.347 e. The monoisotopic (exact) mass is 276 g/mol. The van der Waals surface area contributed by atoms with Crippen LogP contribution in [-0.4, -0.2) is 39.4 Å². The van der Waals surface area contributed by atoms with Gasteiger partial charge in [-0.05, 0) is 26.0 Å². The summed E-state index contributed by atoms with van der Waals surface area (Å²) in [5.41, 5.74) is 0. The quantitative estimate of drug-likeness (QED) is 0.885. The highest BCUT2D eigenvalue weighted by atomic mass is 32.2. The van der Waals surface area contributed by atoms with Crippen LogP contribution in [0.3, 0.4) is 0 Å². The van der Waals surface area contributed by atoms with Crippen LogP contribution in [0.1, 0.15) is 11.8 Å². The van der Waals surface area contributed by atoms with Crippen molar-refractivity contribution in [2.45, 2.75) is 24.1 Å². The van der Waals surface area contributed by atoms with Crippen molar-refractivity contribution in [3.05, 3.63) is 17.0 Å². The Balaban J connectivity index is 2.84. The maximum atomic E-state index is 11.9. The molecule has 17 heavy (non-hydrogen) atoms. The van der Waals surface area contributed by atoms with Gasteiger partial charge >= 0.3 is 0 Å². The van der Waals surface area contributed by atoms with E-state index in [-0.39, 0.29) is 10.1 Å². The Labute approximate surface area is 105 Å². The van der Waals surface area contributed by atoms with Crippen LogP contribution in [0.15, 0.2) is 16.3 Å². The number of amides is 1. The highest BCUT2D eigenvalue weighted by Crippen LogP contribution is 2.20. The molecule has 0 fully saturated rings. The molecule has 0 aliphatic rings. The van der Waals surface area contributed by atoms with E-state index in [4.69, 9.17) is 0 Å². The van der Waals surface area contributed by atoms with E-state index in [2.05, 4.69) is 4.72 Å². The summed E-state index contributed by atoms with van der Waals surface area (Å²) >= 11 is 1.18. The number of aryl methyl sites for hydroxylation is 1.